The van der Waals surface area contributed by atoms with Gasteiger partial charge in [-0.25, -0.2) is 0 Å². The van der Waals surface area contributed by atoms with Gasteiger partial charge in [-0.15, -0.1) is 0 Å². The summed E-state index contributed by atoms with van der Waals surface area (Å²) in [6, 6.07) is 7.76. The van der Waals surface area contributed by atoms with Gasteiger partial charge >= 0.3 is 0 Å². The molecule has 0 aliphatic carbocycles. The van der Waals surface area contributed by atoms with Gasteiger partial charge in [-0.2, -0.15) is 0 Å². The van der Waals surface area contributed by atoms with Gasteiger partial charge in [0, 0.05) is 36.1 Å². The second-order valence-electron chi connectivity index (χ2n) is 9.02. The SMILES string of the molecule is CNC(=O)C(=O)[C@H](Cc1ccc[nH]c1=O)NC(=O)[C@H](CC(C)C)NC(=O)c1cc2cc(OC)ccc2[nH]1. The van der Waals surface area contributed by atoms with Crippen molar-refractivity contribution in [3.8, 4) is 5.75 Å². The molecular formula is C26H31N5O6. The zero-order valence-electron chi connectivity index (χ0n) is 21.1. The number of rotatable bonds is 11. The molecular weight excluding hydrogens is 478 g/mol. The smallest absolute Gasteiger partial charge is 0.289 e. The largest absolute Gasteiger partial charge is 0.497 e. The topological polar surface area (TPSA) is 162 Å². The number of ether oxygens (including phenoxy) is 1. The number of likely N-dealkylation sites (N-methyl/N-ethyl adjacent to an activating group) is 1. The zero-order chi connectivity index (χ0) is 27.1. The number of carbonyl (C=O) groups is 4. The molecule has 1 aromatic carbocycles. The Bertz CT molecular complexity index is 1360. The van der Waals surface area contributed by atoms with Crippen molar-refractivity contribution in [2.24, 2.45) is 5.92 Å². The number of aromatic nitrogens is 2. The second kappa shape index (κ2) is 12.0. The van der Waals surface area contributed by atoms with E-state index in [9.17, 15) is 24.0 Å². The lowest BCUT2D eigenvalue weighted by Crippen LogP contribution is -2.55. The summed E-state index contributed by atoms with van der Waals surface area (Å²) in [5, 5.41) is 8.30. The zero-order valence-corrected chi connectivity index (χ0v) is 21.1. The molecule has 3 aromatic rings. The van der Waals surface area contributed by atoms with Crippen LogP contribution < -0.4 is 26.2 Å². The summed E-state index contributed by atoms with van der Waals surface area (Å²) in [4.78, 5) is 68.8. The molecule has 5 N–H and O–H groups in total. The highest BCUT2D eigenvalue weighted by Gasteiger charge is 2.31. The van der Waals surface area contributed by atoms with Gasteiger partial charge in [0.05, 0.1) is 7.11 Å². The summed E-state index contributed by atoms with van der Waals surface area (Å²) in [5.74, 6) is -2.30. The van der Waals surface area contributed by atoms with E-state index in [1.807, 2.05) is 13.8 Å². The Morgan fingerprint density at radius 1 is 1.03 bits per heavy atom. The fourth-order valence-electron chi connectivity index (χ4n) is 3.90. The van der Waals surface area contributed by atoms with Gasteiger partial charge < -0.3 is 30.7 Å². The van der Waals surface area contributed by atoms with Crippen molar-refractivity contribution in [2.45, 2.75) is 38.8 Å². The quantitative estimate of drug-likeness (QED) is 0.243. The Morgan fingerprint density at radius 2 is 1.78 bits per heavy atom. The molecule has 196 valence electrons. The van der Waals surface area contributed by atoms with Crippen molar-refractivity contribution in [2.75, 3.05) is 14.2 Å². The monoisotopic (exact) mass is 509 g/mol. The molecule has 3 rings (SSSR count). The number of fused-ring (bicyclic) bond motifs is 1. The Balaban J connectivity index is 1.82. The van der Waals surface area contributed by atoms with E-state index in [4.69, 9.17) is 4.74 Å². The predicted octanol–water partition coefficient (Wildman–Crippen LogP) is 1.05. The number of methoxy groups -OCH3 is 1. The Labute approximate surface area is 213 Å². The maximum atomic E-state index is 13.3. The average Bonchev–Trinajstić information content (AvgIpc) is 3.31. The van der Waals surface area contributed by atoms with Crippen LogP contribution in [0, 0.1) is 5.92 Å². The molecule has 0 bridgehead atoms. The van der Waals surface area contributed by atoms with Crippen LogP contribution >= 0.6 is 0 Å². The fraction of sp³-hybridized carbons (Fsp3) is 0.346. The number of carbonyl (C=O) groups excluding carboxylic acids is 4. The van der Waals surface area contributed by atoms with Gasteiger partial charge in [-0.05, 0) is 42.7 Å². The van der Waals surface area contributed by atoms with E-state index in [0.29, 0.717) is 5.75 Å². The molecule has 2 heterocycles. The molecule has 0 radical (unpaired) electrons. The summed E-state index contributed by atoms with van der Waals surface area (Å²) in [5.41, 5.74) is 0.760. The third-order valence-electron chi connectivity index (χ3n) is 5.81. The van der Waals surface area contributed by atoms with E-state index in [2.05, 4.69) is 25.9 Å². The first-order valence-corrected chi connectivity index (χ1v) is 11.8. The lowest BCUT2D eigenvalue weighted by molar-refractivity contribution is -0.140. The lowest BCUT2D eigenvalue weighted by atomic mass is 9.99. The van der Waals surface area contributed by atoms with E-state index >= 15 is 0 Å². The first kappa shape index (κ1) is 27.2. The molecule has 0 aliphatic heterocycles. The molecule has 2 atom stereocenters. The maximum Gasteiger partial charge on any atom is 0.289 e. The van der Waals surface area contributed by atoms with E-state index in [-0.39, 0.29) is 30.0 Å². The summed E-state index contributed by atoms with van der Waals surface area (Å²) in [7, 11) is 2.85. The molecule has 0 saturated heterocycles. The highest BCUT2D eigenvalue weighted by molar-refractivity contribution is 6.38. The fourth-order valence-corrected chi connectivity index (χ4v) is 3.90. The van der Waals surface area contributed by atoms with Gasteiger partial charge in [0.15, 0.2) is 0 Å². The first-order valence-electron chi connectivity index (χ1n) is 11.8. The van der Waals surface area contributed by atoms with Crippen molar-refractivity contribution < 1.29 is 23.9 Å². The Hall–Kier alpha value is -4.41. The van der Waals surface area contributed by atoms with Crippen LogP contribution in [0.1, 0.15) is 36.3 Å². The van der Waals surface area contributed by atoms with Crippen LogP contribution in [0.4, 0.5) is 0 Å². The van der Waals surface area contributed by atoms with E-state index in [1.54, 1.807) is 37.4 Å². The predicted molar refractivity (Wildman–Crippen MR) is 137 cm³/mol. The van der Waals surface area contributed by atoms with Crippen molar-refractivity contribution >= 4 is 34.4 Å². The van der Waals surface area contributed by atoms with Crippen LogP contribution in [0.5, 0.6) is 5.75 Å². The Kier molecular flexibility index (Phi) is 8.83. The molecule has 37 heavy (non-hydrogen) atoms. The van der Waals surface area contributed by atoms with E-state index in [0.717, 1.165) is 10.9 Å². The van der Waals surface area contributed by atoms with Gasteiger partial charge in [0.25, 0.3) is 17.4 Å². The third kappa shape index (κ3) is 6.84. The highest BCUT2D eigenvalue weighted by Crippen LogP contribution is 2.21. The minimum atomic E-state index is -1.30. The second-order valence-corrected chi connectivity index (χ2v) is 9.02. The number of aromatic amines is 2. The summed E-state index contributed by atoms with van der Waals surface area (Å²) in [6.45, 7) is 3.77. The number of Topliss-reactive ketones (excluding diaryl/α,β-unsaturated/α-hetero) is 1. The molecule has 0 spiro atoms. The molecule has 3 amide bonds. The van der Waals surface area contributed by atoms with Crippen LogP contribution in [-0.2, 0) is 20.8 Å². The van der Waals surface area contributed by atoms with E-state index in [1.165, 1.54) is 19.3 Å². The number of nitrogens with one attached hydrogen (secondary N) is 5. The molecule has 2 aromatic heterocycles. The van der Waals surface area contributed by atoms with E-state index < -0.39 is 41.1 Å². The van der Waals surface area contributed by atoms with Crippen molar-refractivity contribution in [1.29, 1.82) is 0 Å². The lowest BCUT2D eigenvalue weighted by Gasteiger charge is -2.23. The van der Waals surface area contributed by atoms with Crippen LogP contribution in [0.3, 0.4) is 0 Å². The van der Waals surface area contributed by atoms with Crippen molar-refractivity contribution in [1.82, 2.24) is 25.9 Å². The number of H-pyrrole nitrogens is 2. The number of amides is 3. The van der Waals surface area contributed by atoms with Crippen LogP contribution in [0.2, 0.25) is 0 Å². The number of benzene rings is 1. The molecule has 0 aliphatic rings. The van der Waals surface area contributed by atoms with Crippen LogP contribution in [0.25, 0.3) is 10.9 Å². The van der Waals surface area contributed by atoms with Gasteiger partial charge in [0.2, 0.25) is 11.7 Å². The van der Waals surface area contributed by atoms with Gasteiger partial charge in [0.1, 0.15) is 23.5 Å². The number of hydrogen-bond donors (Lipinski definition) is 5. The summed E-state index contributed by atoms with van der Waals surface area (Å²) in [6.07, 6.45) is 1.52. The average molecular weight is 510 g/mol. The van der Waals surface area contributed by atoms with Gasteiger partial charge in [-0.1, -0.05) is 19.9 Å². The standard InChI is InChI=1S/C26H31N5O6/c1-14(2)10-20(31-25(35)21-13-16-11-17(37-4)7-8-18(16)29-21)24(34)30-19(22(32)26(36)27-3)12-15-6-5-9-28-23(15)33/h5-9,11,13-14,19-20,29H,10,12H2,1-4H3,(H,27,36)(H,28,33)(H,30,34)(H,31,35)/t19-,20-/m0/s1. The highest BCUT2D eigenvalue weighted by atomic mass is 16.5. The van der Waals surface area contributed by atoms with Crippen molar-refractivity contribution in [3.63, 3.8) is 0 Å². The minimum absolute atomic E-state index is 0.0214. The molecule has 0 saturated carbocycles. The number of ketones is 1. The molecule has 0 fully saturated rings. The first-order chi connectivity index (χ1) is 17.6. The molecule has 11 nitrogen and oxygen atoms in total. The van der Waals surface area contributed by atoms with Gasteiger partial charge in [-0.3, -0.25) is 24.0 Å². The summed E-state index contributed by atoms with van der Waals surface area (Å²) >= 11 is 0. The van der Waals surface area contributed by atoms with Crippen LogP contribution in [0.15, 0.2) is 47.4 Å². The number of hydrogen-bond acceptors (Lipinski definition) is 6. The minimum Gasteiger partial charge on any atom is -0.497 e. The van der Waals surface area contributed by atoms with Crippen molar-refractivity contribution in [3.05, 3.63) is 64.2 Å². The molecule has 11 heteroatoms. The van der Waals surface area contributed by atoms with Crippen LogP contribution in [-0.4, -0.2) is 59.7 Å². The number of pyridine rings is 1. The normalized spacial score (nSPS) is 12.6. The third-order valence-corrected chi connectivity index (χ3v) is 5.81. The maximum absolute atomic E-state index is 13.3. The Morgan fingerprint density at radius 3 is 2.43 bits per heavy atom. The summed E-state index contributed by atoms with van der Waals surface area (Å²) < 4.78 is 5.22. The molecule has 0 unspecified atom stereocenters.